The second kappa shape index (κ2) is 6.87. The molecule has 3 rings (SSSR count). The van der Waals surface area contributed by atoms with Crippen LogP contribution in [-0.2, 0) is 29.7 Å². The highest BCUT2D eigenvalue weighted by molar-refractivity contribution is 7.93. The highest BCUT2D eigenvalue weighted by atomic mass is 32.2. The molecule has 1 saturated carbocycles. The molecule has 0 aromatic carbocycles. The Hall–Kier alpha value is -2.43. The number of carbonyl (C=O) groups is 2. The number of amides is 1. The minimum Gasteiger partial charge on any atom is -0.468 e. The highest BCUT2D eigenvalue weighted by Gasteiger charge is 2.55. The molecule has 2 heterocycles. The van der Waals surface area contributed by atoms with Crippen LogP contribution in [0.5, 0.6) is 0 Å². The van der Waals surface area contributed by atoms with E-state index in [0.29, 0.717) is 12.8 Å². The second-order valence-corrected chi connectivity index (χ2v) is 9.98. The van der Waals surface area contributed by atoms with Gasteiger partial charge >= 0.3 is 12.1 Å². The van der Waals surface area contributed by atoms with Crippen LogP contribution in [0.1, 0.15) is 39.3 Å². The molecule has 0 atom stereocenters. The number of ether oxygens (including phenoxy) is 2. The van der Waals surface area contributed by atoms with Gasteiger partial charge in [0.25, 0.3) is 0 Å². The van der Waals surface area contributed by atoms with Gasteiger partial charge in [-0.25, -0.2) is 23.2 Å². The van der Waals surface area contributed by atoms with E-state index in [0.717, 1.165) is 0 Å². The Labute approximate surface area is 163 Å². The predicted molar refractivity (Wildman–Crippen MR) is 99.1 cm³/mol. The summed E-state index contributed by atoms with van der Waals surface area (Å²) >= 11 is 0. The van der Waals surface area contributed by atoms with Crippen LogP contribution in [0, 0.1) is 0 Å². The number of sulfonamides is 1. The van der Waals surface area contributed by atoms with Crippen LogP contribution in [0.15, 0.2) is 12.3 Å². The van der Waals surface area contributed by atoms with Gasteiger partial charge in [-0.1, -0.05) is 0 Å². The van der Waals surface area contributed by atoms with Crippen LogP contribution in [0.2, 0.25) is 0 Å². The number of nitrogens with zero attached hydrogens (tertiary/aromatic N) is 3. The number of aromatic nitrogens is 2. The van der Waals surface area contributed by atoms with Gasteiger partial charge in [0.1, 0.15) is 11.0 Å². The third-order valence-corrected chi connectivity index (χ3v) is 6.31. The molecule has 1 amide bonds. The van der Waals surface area contributed by atoms with Crippen LogP contribution in [-0.4, -0.2) is 66.4 Å². The molecule has 11 heteroatoms. The molecule has 1 aliphatic heterocycles. The first-order valence-corrected chi connectivity index (χ1v) is 10.4. The smallest absolute Gasteiger partial charge is 0.410 e. The zero-order valence-electron chi connectivity index (χ0n) is 16.3. The van der Waals surface area contributed by atoms with E-state index in [1.807, 2.05) is 0 Å². The van der Waals surface area contributed by atoms with Gasteiger partial charge in [-0.15, -0.1) is 0 Å². The Kier molecular flexibility index (Phi) is 4.98. The van der Waals surface area contributed by atoms with Gasteiger partial charge in [0, 0.05) is 19.3 Å². The van der Waals surface area contributed by atoms with E-state index in [9.17, 15) is 18.0 Å². The van der Waals surface area contributed by atoms with Crippen LogP contribution in [0.4, 0.5) is 10.7 Å². The van der Waals surface area contributed by atoms with E-state index in [1.54, 1.807) is 20.8 Å². The van der Waals surface area contributed by atoms with Gasteiger partial charge in [-0.3, -0.25) is 9.52 Å². The van der Waals surface area contributed by atoms with Crippen molar-refractivity contribution in [2.75, 3.05) is 24.9 Å². The van der Waals surface area contributed by atoms with E-state index in [4.69, 9.17) is 9.47 Å². The first-order chi connectivity index (χ1) is 13.0. The van der Waals surface area contributed by atoms with E-state index < -0.39 is 38.4 Å². The summed E-state index contributed by atoms with van der Waals surface area (Å²) in [4.78, 5) is 34.2. The standard InChI is InChI=1S/C17H24N4O6S/c1-16(2,3)27-15(23)21-9-17(10-21,13(22)26-4)12-7-8-18-14(19-12)20-28(24,25)11-5-6-11/h7-8,11H,5-6,9-10H2,1-4H3,(H,18,19,20). The molecular formula is C17H24N4O6S. The molecule has 0 spiro atoms. The van der Waals surface area contributed by atoms with Crippen molar-refractivity contribution in [3.63, 3.8) is 0 Å². The largest absolute Gasteiger partial charge is 0.468 e. The van der Waals surface area contributed by atoms with Gasteiger partial charge in [0.05, 0.1) is 18.1 Å². The Balaban J connectivity index is 1.81. The van der Waals surface area contributed by atoms with Crippen molar-refractivity contribution >= 4 is 28.0 Å². The number of rotatable bonds is 5. The minimum absolute atomic E-state index is 0.0143. The Morgan fingerprint density at radius 3 is 2.46 bits per heavy atom. The summed E-state index contributed by atoms with van der Waals surface area (Å²) < 4.78 is 36.8. The fourth-order valence-corrected chi connectivity index (χ4v) is 4.19. The average molecular weight is 412 g/mol. The maximum absolute atomic E-state index is 12.5. The van der Waals surface area contributed by atoms with Crippen molar-refractivity contribution in [1.29, 1.82) is 0 Å². The molecule has 28 heavy (non-hydrogen) atoms. The molecule has 0 unspecified atom stereocenters. The SMILES string of the molecule is COC(=O)C1(c2ccnc(NS(=O)(=O)C3CC3)n2)CN(C(=O)OC(C)(C)C)C1. The van der Waals surface area contributed by atoms with Crippen LogP contribution >= 0.6 is 0 Å². The molecule has 1 N–H and O–H groups in total. The lowest BCUT2D eigenvalue weighted by Gasteiger charge is -2.47. The summed E-state index contributed by atoms with van der Waals surface area (Å²) in [6, 6.07) is 1.51. The molecule has 0 radical (unpaired) electrons. The normalized spacial score (nSPS) is 18.8. The van der Waals surface area contributed by atoms with Gasteiger partial charge in [-0.2, -0.15) is 0 Å². The fourth-order valence-electron chi connectivity index (χ4n) is 2.92. The number of carbonyl (C=O) groups excluding carboxylic acids is 2. The third-order valence-electron chi connectivity index (χ3n) is 4.49. The zero-order chi connectivity index (χ0) is 20.7. The molecule has 1 aromatic rings. The molecule has 2 aliphatic rings. The number of nitrogens with one attached hydrogen (secondary N) is 1. The quantitative estimate of drug-likeness (QED) is 0.711. The molecule has 1 aliphatic carbocycles. The zero-order valence-corrected chi connectivity index (χ0v) is 17.1. The third kappa shape index (κ3) is 4.03. The first kappa shape index (κ1) is 20.3. The van der Waals surface area contributed by atoms with Crippen LogP contribution < -0.4 is 4.72 Å². The number of methoxy groups -OCH3 is 1. The summed E-state index contributed by atoms with van der Waals surface area (Å²) in [5.74, 6) is -0.676. The molecular weight excluding hydrogens is 388 g/mol. The molecule has 0 bridgehead atoms. The number of likely N-dealkylation sites (tertiary alicyclic amines) is 1. The first-order valence-electron chi connectivity index (χ1n) is 8.88. The number of anilines is 1. The molecule has 1 saturated heterocycles. The Morgan fingerprint density at radius 1 is 1.29 bits per heavy atom. The number of esters is 1. The summed E-state index contributed by atoms with van der Waals surface area (Å²) in [5.41, 5.74) is -1.58. The summed E-state index contributed by atoms with van der Waals surface area (Å²) in [6.45, 7) is 5.28. The van der Waals surface area contributed by atoms with Crippen molar-refractivity contribution in [1.82, 2.24) is 14.9 Å². The number of hydrogen-bond donors (Lipinski definition) is 1. The summed E-state index contributed by atoms with van der Waals surface area (Å²) in [7, 11) is -2.29. The highest BCUT2D eigenvalue weighted by Crippen LogP contribution is 2.36. The lowest BCUT2D eigenvalue weighted by atomic mass is 9.76. The minimum atomic E-state index is -3.54. The monoisotopic (exact) mass is 412 g/mol. The molecule has 154 valence electrons. The van der Waals surface area contributed by atoms with Gasteiger partial charge in [0.15, 0.2) is 0 Å². The van der Waals surface area contributed by atoms with E-state index >= 15 is 0 Å². The molecule has 2 fully saturated rings. The van der Waals surface area contributed by atoms with Crippen LogP contribution in [0.3, 0.4) is 0 Å². The molecule has 10 nitrogen and oxygen atoms in total. The van der Waals surface area contributed by atoms with Crippen molar-refractivity contribution in [2.24, 2.45) is 0 Å². The topological polar surface area (TPSA) is 128 Å². The maximum atomic E-state index is 12.5. The maximum Gasteiger partial charge on any atom is 0.410 e. The predicted octanol–water partition coefficient (Wildman–Crippen LogP) is 1.04. The lowest BCUT2D eigenvalue weighted by molar-refractivity contribution is -0.154. The van der Waals surface area contributed by atoms with E-state index in [1.165, 1.54) is 24.3 Å². The Morgan fingerprint density at radius 2 is 1.93 bits per heavy atom. The fraction of sp³-hybridized carbons (Fsp3) is 0.647. The van der Waals surface area contributed by atoms with Crippen molar-refractivity contribution < 1.29 is 27.5 Å². The molecule has 1 aromatic heterocycles. The van der Waals surface area contributed by atoms with Crippen molar-refractivity contribution in [2.45, 2.75) is 49.9 Å². The van der Waals surface area contributed by atoms with Gasteiger partial charge < -0.3 is 14.4 Å². The van der Waals surface area contributed by atoms with E-state index in [-0.39, 0.29) is 24.7 Å². The van der Waals surface area contributed by atoms with Gasteiger partial charge in [-0.05, 0) is 39.7 Å². The number of hydrogen-bond acceptors (Lipinski definition) is 8. The van der Waals surface area contributed by atoms with Crippen molar-refractivity contribution in [3.8, 4) is 0 Å². The summed E-state index contributed by atoms with van der Waals surface area (Å²) in [6.07, 6.45) is 2.03. The Bertz CT molecular complexity index is 885. The van der Waals surface area contributed by atoms with Crippen molar-refractivity contribution in [3.05, 3.63) is 18.0 Å². The van der Waals surface area contributed by atoms with Crippen LogP contribution in [0.25, 0.3) is 0 Å². The summed E-state index contributed by atoms with van der Waals surface area (Å²) in [5, 5.41) is -0.430. The second-order valence-electron chi connectivity index (χ2n) is 8.02. The van der Waals surface area contributed by atoms with Gasteiger partial charge in [0.2, 0.25) is 16.0 Å². The van der Waals surface area contributed by atoms with E-state index in [2.05, 4.69) is 14.7 Å². The average Bonchev–Trinajstić information content (AvgIpc) is 3.37. The lowest BCUT2D eigenvalue weighted by Crippen LogP contribution is -2.66.